The van der Waals surface area contributed by atoms with Crippen LogP contribution in [0.2, 0.25) is 0 Å². The van der Waals surface area contributed by atoms with Crippen molar-refractivity contribution < 1.29 is 9.84 Å². The molecule has 19 heavy (non-hydrogen) atoms. The third-order valence-corrected chi connectivity index (χ3v) is 3.46. The summed E-state index contributed by atoms with van der Waals surface area (Å²) in [6.45, 7) is 7.24. The van der Waals surface area contributed by atoms with Gasteiger partial charge in [-0.3, -0.25) is 0 Å². The van der Waals surface area contributed by atoms with Crippen LogP contribution < -0.4 is 5.32 Å². The van der Waals surface area contributed by atoms with Crippen molar-refractivity contribution in [2.75, 3.05) is 20.3 Å². The Bertz CT molecular complexity index is 360. The molecule has 0 saturated carbocycles. The van der Waals surface area contributed by atoms with Crippen molar-refractivity contribution in [3.63, 3.8) is 0 Å². The Kier molecular flexibility index (Phi) is 6.49. The predicted octanol–water partition coefficient (Wildman–Crippen LogP) is 2.82. The molecule has 0 heterocycles. The van der Waals surface area contributed by atoms with Gasteiger partial charge in [-0.2, -0.15) is 0 Å². The zero-order chi connectivity index (χ0) is 14.3. The largest absolute Gasteiger partial charge is 0.389 e. The van der Waals surface area contributed by atoms with E-state index in [0.29, 0.717) is 19.6 Å². The minimum absolute atomic E-state index is 0.287. The van der Waals surface area contributed by atoms with E-state index in [4.69, 9.17) is 4.74 Å². The van der Waals surface area contributed by atoms with Crippen LogP contribution in [0.4, 0.5) is 0 Å². The summed E-state index contributed by atoms with van der Waals surface area (Å²) in [5, 5.41) is 13.7. The zero-order valence-corrected chi connectivity index (χ0v) is 12.6. The Balaban J connectivity index is 2.55. The monoisotopic (exact) mass is 265 g/mol. The van der Waals surface area contributed by atoms with Crippen molar-refractivity contribution in [1.29, 1.82) is 0 Å². The van der Waals surface area contributed by atoms with Crippen molar-refractivity contribution >= 4 is 0 Å². The second-order valence-corrected chi connectivity index (χ2v) is 5.49. The Morgan fingerprint density at radius 3 is 2.47 bits per heavy atom. The van der Waals surface area contributed by atoms with E-state index in [1.807, 2.05) is 6.92 Å². The van der Waals surface area contributed by atoms with Gasteiger partial charge >= 0.3 is 0 Å². The summed E-state index contributed by atoms with van der Waals surface area (Å²) < 4.78 is 5.02. The number of nitrogens with one attached hydrogen (secondary N) is 1. The summed E-state index contributed by atoms with van der Waals surface area (Å²) in [6.07, 6.45) is 1.64. The van der Waals surface area contributed by atoms with Crippen LogP contribution in [0.15, 0.2) is 24.3 Å². The molecule has 0 bridgehead atoms. The lowest BCUT2D eigenvalue weighted by atomic mass is 9.99. The van der Waals surface area contributed by atoms with Crippen LogP contribution in [0.5, 0.6) is 0 Å². The molecule has 3 nitrogen and oxygen atoms in total. The van der Waals surface area contributed by atoms with Crippen LogP contribution >= 0.6 is 0 Å². The lowest BCUT2D eigenvalue weighted by Gasteiger charge is -2.27. The topological polar surface area (TPSA) is 41.5 Å². The van der Waals surface area contributed by atoms with Gasteiger partial charge in [-0.1, -0.05) is 36.8 Å². The SMILES string of the molecule is CCC(NCC(C)(O)CCOC)c1ccc(C)cc1. The maximum Gasteiger partial charge on any atom is 0.0765 e. The van der Waals surface area contributed by atoms with Crippen molar-refractivity contribution in [3.05, 3.63) is 35.4 Å². The second-order valence-electron chi connectivity index (χ2n) is 5.49. The van der Waals surface area contributed by atoms with Crippen LogP contribution in [0.25, 0.3) is 0 Å². The Labute approximate surface area is 117 Å². The molecule has 108 valence electrons. The third-order valence-electron chi connectivity index (χ3n) is 3.46. The highest BCUT2D eigenvalue weighted by atomic mass is 16.5. The molecule has 1 aromatic carbocycles. The molecule has 2 atom stereocenters. The highest BCUT2D eigenvalue weighted by Crippen LogP contribution is 2.18. The Morgan fingerprint density at radius 1 is 1.32 bits per heavy atom. The molecule has 0 radical (unpaired) electrons. The number of ether oxygens (including phenoxy) is 1. The molecule has 2 unspecified atom stereocenters. The van der Waals surface area contributed by atoms with Crippen LogP contribution in [-0.2, 0) is 4.74 Å². The normalized spacial score (nSPS) is 16.1. The molecule has 0 aliphatic heterocycles. The quantitative estimate of drug-likeness (QED) is 0.759. The fourth-order valence-electron chi connectivity index (χ4n) is 2.05. The summed E-state index contributed by atoms with van der Waals surface area (Å²) in [4.78, 5) is 0. The first kappa shape index (κ1) is 16.2. The van der Waals surface area contributed by atoms with Gasteiger partial charge in [0, 0.05) is 32.7 Å². The van der Waals surface area contributed by atoms with Gasteiger partial charge in [-0.25, -0.2) is 0 Å². The molecule has 0 amide bonds. The number of aliphatic hydroxyl groups is 1. The first-order chi connectivity index (χ1) is 8.98. The van der Waals surface area contributed by atoms with E-state index in [9.17, 15) is 5.11 Å². The van der Waals surface area contributed by atoms with E-state index in [2.05, 4.69) is 43.4 Å². The lowest BCUT2D eigenvalue weighted by molar-refractivity contribution is 0.0226. The summed E-state index contributed by atoms with van der Waals surface area (Å²) in [5.74, 6) is 0. The molecular weight excluding hydrogens is 238 g/mol. The van der Waals surface area contributed by atoms with Crippen LogP contribution in [-0.4, -0.2) is 31.0 Å². The first-order valence-corrected chi connectivity index (χ1v) is 7.00. The van der Waals surface area contributed by atoms with E-state index in [-0.39, 0.29) is 6.04 Å². The number of hydrogen-bond acceptors (Lipinski definition) is 3. The fourth-order valence-corrected chi connectivity index (χ4v) is 2.05. The van der Waals surface area contributed by atoms with Gasteiger partial charge in [0.15, 0.2) is 0 Å². The average molecular weight is 265 g/mol. The molecule has 1 aromatic rings. The average Bonchev–Trinajstić information content (AvgIpc) is 2.39. The molecule has 0 fully saturated rings. The van der Waals surface area contributed by atoms with Gasteiger partial charge in [-0.15, -0.1) is 0 Å². The predicted molar refractivity (Wildman–Crippen MR) is 79.3 cm³/mol. The third kappa shape index (κ3) is 5.72. The summed E-state index contributed by atoms with van der Waals surface area (Å²) in [7, 11) is 1.66. The van der Waals surface area contributed by atoms with Gasteiger partial charge in [0.2, 0.25) is 0 Å². The minimum atomic E-state index is -0.728. The van der Waals surface area contributed by atoms with Gasteiger partial charge in [0.25, 0.3) is 0 Å². The summed E-state index contributed by atoms with van der Waals surface area (Å²) >= 11 is 0. The minimum Gasteiger partial charge on any atom is -0.389 e. The van der Waals surface area contributed by atoms with Gasteiger partial charge in [-0.05, 0) is 25.8 Å². The smallest absolute Gasteiger partial charge is 0.0765 e. The van der Waals surface area contributed by atoms with E-state index in [1.54, 1.807) is 7.11 Å². The van der Waals surface area contributed by atoms with Crippen molar-refractivity contribution in [2.24, 2.45) is 0 Å². The van der Waals surface area contributed by atoms with Crippen molar-refractivity contribution in [1.82, 2.24) is 5.32 Å². The zero-order valence-electron chi connectivity index (χ0n) is 12.6. The van der Waals surface area contributed by atoms with E-state index in [0.717, 1.165) is 6.42 Å². The standard InChI is InChI=1S/C16H27NO2/c1-5-15(14-8-6-13(2)7-9-14)17-12-16(3,18)10-11-19-4/h6-9,15,17-18H,5,10-12H2,1-4H3. The highest BCUT2D eigenvalue weighted by molar-refractivity contribution is 5.24. The van der Waals surface area contributed by atoms with E-state index in [1.165, 1.54) is 11.1 Å². The molecule has 0 aromatic heterocycles. The summed E-state index contributed by atoms with van der Waals surface area (Å²) in [6, 6.07) is 8.85. The molecule has 0 aliphatic rings. The molecular formula is C16H27NO2. The van der Waals surface area contributed by atoms with Crippen molar-refractivity contribution in [2.45, 2.75) is 45.3 Å². The summed E-state index contributed by atoms with van der Waals surface area (Å²) in [5.41, 5.74) is 1.81. The molecule has 3 heteroatoms. The Hall–Kier alpha value is -0.900. The van der Waals surface area contributed by atoms with E-state index < -0.39 is 5.60 Å². The van der Waals surface area contributed by atoms with Gasteiger partial charge in [0.1, 0.15) is 0 Å². The molecule has 1 rings (SSSR count). The number of benzene rings is 1. The van der Waals surface area contributed by atoms with Crippen LogP contribution in [0.1, 0.15) is 43.9 Å². The lowest BCUT2D eigenvalue weighted by Crippen LogP contribution is -2.40. The number of aryl methyl sites for hydroxylation is 1. The van der Waals surface area contributed by atoms with Crippen LogP contribution in [0.3, 0.4) is 0 Å². The Morgan fingerprint density at radius 2 is 1.95 bits per heavy atom. The number of rotatable bonds is 8. The highest BCUT2D eigenvalue weighted by Gasteiger charge is 2.21. The molecule has 0 saturated heterocycles. The molecule has 0 aliphatic carbocycles. The molecule has 2 N–H and O–H groups in total. The number of methoxy groups -OCH3 is 1. The van der Waals surface area contributed by atoms with E-state index >= 15 is 0 Å². The first-order valence-electron chi connectivity index (χ1n) is 7.00. The van der Waals surface area contributed by atoms with Gasteiger partial charge in [0.05, 0.1) is 5.60 Å². The second kappa shape index (κ2) is 7.63. The fraction of sp³-hybridized carbons (Fsp3) is 0.625. The van der Waals surface area contributed by atoms with Crippen molar-refractivity contribution in [3.8, 4) is 0 Å². The maximum atomic E-state index is 10.2. The number of hydrogen-bond donors (Lipinski definition) is 2. The molecule has 0 spiro atoms. The van der Waals surface area contributed by atoms with Gasteiger partial charge < -0.3 is 15.2 Å². The maximum absolute atomic E-state index is 10.2. The van der Waals surface area contributed by atoms with Crippen LogP contribution in [0, 0.1) is 6.92 Å².